The smallest absolute Gasteiger partial charge is 0.117 e. The average molecular weight is 278 g/mol. The standard InChI is InChI=1S/C19H22N2/c1-3-14-21-18-13-9-8-12-17(18)20-19(21)16(4-2)15-10-6-5-7-11-15/h5-13,16H,3-4,14H2,1-2H3. The quantitative estimate of drug-likeness (QED) is 0.643. The minimum absolute atomic E-state index is 0.366. The molecule has 21 heavy (non-hydrogen) atoms. The number of hydrogen-bond acceptors (Lipinski definition) is 1. The van der Waals surface area contributed by atoms with E-state index in [1.807, 2.05) is 0 Å². The second-order valence-corrected chi connectivity index (χ2v) is 5.48. The molecule has 3 rings (SSSR count). The van der Waals surface area contributed by atoms with Crippen LogP contribution in [0.15, 0.2) is 54.6 Å². The van der Waals surface area contributed by atoms with Gasteiger partial charge < -0.3 is 4.57 Å². The summed E-state index contributed by atoms with van der Waals surface area (Å²) in [6.45, 7) is 5.49. The first-order valence-corrected chi connectivity index (χ1v) is 7.85. The number of aromatic nitrogens is 2. The Balaban J connectivity index is 2.15. The fraction of sp³-hybridized carbons (Fsp3) is 0.316. The maximum atomic E-state index is 4.94. The fourth-order valence-electron chi connectivity index (χ4n) is 3.07. The lowest BCUT2D eigenvalue weighted by Crippen LogP contribution is -2.10. The lowest BCUT2D eigenvalue weighted by atomic mass is 9.95. The van der Waals surface area contributed by atoms with Gasteiger partial charge in [-0.3, -0.25) is 0 Å². The monoisotopic (exact) mass is 278 g/mol. The third kappa shape index (κ3) is 2.58. The second kappa shape index (κ2) is 6.13. The zero-order valence-corrected chi connectivity index (χ0v) is 12.8. The molecule has 0 bridgehead atoms. The largest absolute Gasteiger partial charge is 0.327 e. The van der Waals surface area contributed by atoms with Crippen molar-refractivity contribution in [3.05, 3.63) is 66.0 Å². The van der Waals surface area contributed by atoms with Crippen molar-refractivity contribution >= 4 is 11.0 Å². The SMILES string of the molecule is CCCn1c(C(CC)c2ccccc2)nc2ccccc21. The average Bonchev–Trinajstić information content (AvgIpc) is 2.89. The molecule has 0 fully saturated rings. The number of para-hydroxylation sites is 2. The number of imidazole rings is 1. The van der Waals surface area contributed by atoms with Gasteiger partial charge in [0.1, 0.15) is 5.82 Å². The van der Waals surface area contributed by atoms with E-state index in [1.165, 1.54) is 16.9 Å². The van der Waals surface area contributed by atoms with Gasteiger partial charge in [0, 0.05) is 12.5 Å². The van der Waals surface area contributed by atoms with Gasteiger partial charge in [-0.05, 0) is 30.5 Å². The molecule has 0 aliphatic rings. The van der Waals surface area contributed by atoms with Gasteiger partial charge in [-0.1, -0.05) is 56.3 Å². The van der Waals surface area contributed by atoms with Crippen molar-refractivity contribution in [1.82, 2.24) is 9.55 Å². The molecule has 0 aliphatic carbocycles. The Hall–Kier alpha value is -2.09. The summed E-state index contributed by atoms with van der Waals surface area (Å²) < 4.78 is 2.40. The number of rotatable bonds is 5. The van der Waals surface area contributed by atoms with Gasteiger partial charge in [-0.15, -0.1) is 0 Å². The van der Waals surface area contributed by atoms with Crippen LogP contribution < -0.4 is 0 Å². The predicted molar refractivity (Wildman–Crippen MR) is 88.6 cm³/mol. The second-order valence-electron chi connectivity index (χ2n) is 5.48. The predicted octanol–water partition coefficient (Wildman–Crippen LogP) is 4.99. The zero-order valence-electron chi connectivity index (χ0n) is 12.8. The molecule has 1 heterocycles. The fourth-order valence-corrected chi connectivity index (χ4v) is 3.07. The van der Waals surface area contributed by atoms with Gasteiger partial charge in [0.2, 0.25) is 0 Å². The summed E-state index contributed by atoms with van der Waals surface area (Å²) in [4.78, 5) is 4.94. The van der Waals surface area contributed by atoms with Crippen molar-refractivity contribution in [3.8, 4) is 0 Å². The van der Waals surface area contributed by atoms with Crippen LogP contribution >= 0.6 is 0 Å². The first kappa shape index (κ1) is 13.9. The van der Waals surface area contributed by atoms with Crippen LogP contribution in [0, 0.1) is 0 Å². The minimum atomic E-state index is 0.366. The number of hydrogen-bond donors (Lipinski definition) is 0. The molecule has 2 nitrogen and oxygen atoms in total. The normalized spacial score (nSPS) is 12.7. The van der Waals surface area contributed by atoms with Crippen LogP contribution in [-0.2, 0) is 6.54 Å². The Morgan fingerprint density at radius 1 is 0.952 bits per heavy atom. The summed E-state index contributed by atoms with van der Waals surface area (Å²) in [6, 6.07) is 19.2. The van der Waals surface area contributed by atoms with Crippen molar-refractivity contribution in [1.29, 1.82) is 0 Å². The van der Waals surface area contributed by atoms with Crippen molar-refractivity contribution in [2.75, 3.05) is 0 Å². The highest BCUT2D eigenvalue weighted by atomic mass is 15.1. The molecular weight excluding hydrogens is 256 g/mol. The minimum Gasteiger partial charge on any atom is -0.327 e. The first-order valence-electron chi connectivity index (χ1n) is 7.85. The van der Waals surface area contributed by atoms with E-state index in [9.17, 15) is 0 Å². The van der Waals surface area contributed by atoms with Crippen molar-refractivity contribution < 1.29 is 0 Å². The third-order valence-electron chi connectivity index (χ3n) is 4.05. The van der Waals surface area contributed by atoms with Gasteiger partial charge in [-0.25, -0.2) is 4.98 Å². The van der Waals surface area contributed by atoms with Crippen molar-refractivity contribution in [3.63, 3.8) is 0 Å². The van der Waals surface area contributed by atoms with Gasteiger partial charge in [-0.2, -0.15) is 0 Å². The Kier molecular flexibility index (Phi) is 4.05. The van der Waals surface area contributed by atoms with E-state index in [1.54, 1.807) is 0 Å². The Labute approximate surface area is 126 Å². The maximum Gasteiger partial charge on any atom is 0.117 e. The first-order chi connectivity index (χ1) is 10.3. The third-order valence-corrected chi connectivity index (χ3v) is 4.05. The number of nitrogens with zero attached hydrogens (tertiary/aromatic N) is 2. The summed E-state index contributed by atoms with van der Waals surface area (Å²) in [7, 11) is 0. The summed E-state index contributed by atoms with van der Waals surface area (Å²) in [5, 5.41) is 0. The maximum absolute atomic E-state index is 4.94. The molecule has 1 aromatic heterocycles. The molecule has 1 unspecified atom stereocenters. The van der Waals surface area contributed by atoms with Gasteiger partial charge >= 0.3 is 0 Å². The van der Waals surface area contributed by atoms with Crippen LogP contribution in [-0.4, -0.2) is 9.55 Å². The highest BCUT2D eigenvalue weighted by Gasteiger charge is 2.19. The molecule has 0 amide bonds. The highest BCUT2D eigenvalue weighted by molar-refractivity contribution is 5.76. The van der Waals surface area contributed by atoms with Crippen LogP contribution in [0.1, 0.15) is 44.0 Å². The van der Waals surface area contributed by atoms with Crippen molar-refractivity contribution in [2.45, 2.75) is 39.2 Å². The molecule has 0 saturated heterocycles. The number of aryl methyl sites for hydroxylation is 1. The van der Waals surface area contributed by atoms with E-state index in [2.05, 4.69) is 73.0 Å². The molecule has 3 aromatic rings. The Morgan fingerprint density at radius 2 is 1.67 bits per heavy atom. The molecular formula is C19H22N2. The lowest BCUT2D eigenvalue weighted by molar-refractivity contribution is 0.609. The Bertz CT molecular complexity index is 713. The summed E-state index contributed by atoms with van der Waals surface area (Å²) >= 11 is 0. The zero-order chi connectivity index (χ0) is 14.7. The van der Waals surface area contributed by atoms with Crippen molar-refractivity contribution in [2.24, 2.45) is 0 Å². The van der Waals surface area contributed by atoms with Crippen LogP contribution in [0.5, 0.6) is 0 Å². The molecule has 0 aliphatic heterocycles. The number of fused-ring (bicyclic) bond motifs is 1. The van der Waals surface area contributed by atoms with Crippen LogP contribution in [0.2, 0.25) is 0 Å². The van der Waals surface area contributed by atoms with E-state index in [0.29, 0.717) is 5.92 Å². The van der Waals surface area contributed by atoms with E-state index in [-0.39, 0.29) is 0 Å². The van der Waals surface area contributed by atoms with Gasteiger partial charge in [0.15, 0.2) is 0 Å². The molecule has 2 aromatic carbocycles. The Morgan fingerprint density at radius 3 is 2.38 bits per heavy atom. The van der Waals surface area contributed by atoms with Crippen LogP contribution in [0.4, 0.5) is 0 Å². The summed E-state index contributed by atoms with van der Waals surface area (Å²) in [5.41, 5.74) is 3.71. The van der Waals surface area contributed by atoms with E-state index >= 15 is 0 Å². The van der Waals surface area contributed by atoms with E-state index in [0.717, 1.165) is 24.9 Å². The molecule has 1 atom stereocenters. The van der Waals surface area contributed by atoms with Gasteiger partial charge in [0.05, 0.1) is 11.0 Å². The highest BCUT2D eigenvalue weighted by Crippen LogP contribution is 2.30. The summed E-state index contributed by atoms with van der Waals surface area (Å²) in [6.07, 6.45) is 2.19. The summed E-state index contributed by atoms with van der Waals surface area (Å²) in [5.74, 6) is 1.57. The molecule has 2 heteroatoms. The van der Waals surface area contributed by atoms with Crippen LogP contribution in [0.25, 0.3) is 11.0 Å². The van der Waals surface area contributed by atoms with Gasteiger partial charge in [0.25, 0.3) is 0 Å². The molecule has 0 radical (unpaired) electrons. The molecule has 0 spiro atoms. The lowest BCUT2D eigenvalue weighted by Gasteiger charge is -2.17. The molecule has 108 valence electrons. The van der Waals surface area contributed by atoms with E-state index < -0.39 is 0 Å². The molecule has 0 saturated carbocycles. The number of benzene rings is 2. The van der Waals surface area contributed by atoms with Crippen LogP contribution in [0.3, 0.4) is 0 Å². The van der Waals surface area contributed by atoms with E-state index in [4.69, 9.17) is 4.98 Å². The topological polar surface area (TPSA) is 17.8 Å². The molecule has 0 N–H and O–H groups in total.